The lowest BCUT2D eigenvalue weighted by Gasteiger charge is -1.65. The Labute approximate surface area is 21.2 Å². The van der Waals surface area contributed by atoms with Crippen LogP contribution in [0.4, 0.5) is 13.2 Å². The number of halogens is 3. The second-order valence-electron chi connectivity index (χ2n) is 0.247. The van der Waals surface area contributed by atoms with Gasteiger partial charge < -0.3 is 0 Å². The van der Waals surface area contributed by atoms with Crippen molar-refractivity contribution < 1.29 is 13.2 Å². The average molecular weight is 69.0 g/mol. The highest BCUT2D eigenvalue weighted by Crippen LogP contribution is 1.87. The molecule has 0 spiro atoms. The van der Waals surface area contributed by atoms with Crippen LogP contribution in [0.1, 0.15) is 0 Å². The van der Waals surface area contributed by atoms with E-state index in [9.17, 15) is 13.2 Å². The van der Waals surface area contributed by atoms with Crippen LogP contribution in [0, 0.1) is 0 Å². The number of hydrogen-bond acceptors (Lipinski definition) is 0. The molecule has 0 saturated heterocycles. The topological polar surface area (TPSA) is 0 Å². The predicted octanol–water partition coefficient (Wildman–Crippen LogP) is 1.18. The van der Waals surface area contributed by atoms with E-state index in [0.29, 0.717) is 0 Å². The van der Waals surface area contributed by atoms with Gasteiger partial charge in [0, 0.05) is 0 Å². The van der Waals surface area contributed by atoms with E-state index in [0.717, 1.165) is 0 Å². The number of rotatable bonds is 0. The summed E-state index contributed by atoms with van der Waals surface area (Å²) in [6.07, 6.45) is 0. The number of hydrogen-bond donors (Lipinski definition) is 0. The van der Waals surface area contributed by atoms with Gasteiger partial charge in [-0.25, -0.2) is 0 Å². The Balaban J connectivity index is 2.32. The minimum atomic E-state index is -3.67. The summed E-state index contributed by atoms with van der Waals surface area (Å²) < 4.78 is 29.0. The third-order valence-corrected chi connectivity index (χ3v) is 0. The molecule has 0 radical (unpaired) electrons. The van der Waals surface area contributed by atoms with Gasteiger partial charge in [-0.3, -0.25) is 0 Å². The Morgan fingerprint density at radius 3 is 1.00 bits per heavy atom. The first kappa shape index (κ1) is 3.79. The van der Waals surface area contributed by atoms with E-state index >= 15 is 0 Å². The first-order valence-corrected chi connectivity index (χ1v) is 0.655. The van der Waals surface area contributed by atoms with Gasteiger partial charge in [-0.15, -0.1) is 0 Å². The maximum Gasteiger partial charge on any atom is 0.379 e. The fourth-order valence-corrected chi connectivity index (χ4v) is 0. The molecule has 0 aromatic rings. The van der Waals surface area contributed by atoms with E-state index in [2.05, 4.69) is 0 Å². The van der Waals surface area contributed by atoms with E-state index in [4.69, 9.17) is 0 Å². The van der Waals surface area contributed by atoms with Crippen molar-refractivity contribution in [3.8, 4) is 0 Å². The van der Waals surface area contributed by atoms with Gasteiger partial charge in [0.05, 0.1) is 0 Å². The van der Waals surface area contributed by atoms with Crippen LogP contribution in [0.25, 0.3) is 0 Å². The molecule has 0 N–H and O–H groups in total. The summed E-state index contributed by atoms with van der Waals surface area (Å²) in [7, 11) is 0. The normalized spacial score (nSPS) is 9.00. The molecule has 0 bridgehead atoms. The van der Waals surface area contributed by atoms with E-state index in [1.54, 1.807) is 0 Å². The summed E-state index contributed by atoms with van der Waals surface area (Å²) in [5.41, 5.74) is 0. The molecule has 0 saturated carbocycles. The molecule has 0 nitrogen and oxygen atoms in total. The van der Waals surface area contributed by atoms with Crippen LogP contribution in [0.15, 0.2) is 0 Å². The molecule has 0 fully saturated rings. The lowest BCUT2D eigenvalue weighted by molar-refractivity contribution is 0.00820. The Kier molecular flexibility index (Phi) is 1.09. The van der Waals surface area contributed by atoms with Gasteiger partial charge in [0.1, 0.15) is 0 Å². The van der Waals surface area contributed by atoms with Gasteiger partial charge in [-0.2, -0.15) is 13.2 Å². The molecule has 0 aliphatic rings. The van der Waals surface area contributed by atoms with Crippen LogP contribution in [-0.2, 0) is 0 Å². The second-order valence-corrected chi connectivity index (χ2v) is 0.247. The molecule has 0 heterocycles. The molecule has 0 rings (SSSR count). The van der Waals surface area contributed by atoms with Gasteiger partial charge in [0.2, 0.25) is 0 Å². The van der Waals surface area contributed by atoms with E-state index in [1.165, 1.54) is 0 Å². The van der Waals surface area contributed by atoms with Gasteiger partial charge in [-0.1, -0.05) is 0 Å². The van der Waals surface area contributed by atoms with Crippen molar-refractivity contribution in [2.45, 2.75) is 6.68 Å². The summed E-state index contributed by atoms with van der Waals surface area (Å²) >= 11 is 0. The fourth-order valence-electron chi connectivity index (χ4n) is 0. The highest BCUT2D eigenvalue weighted by molar-refractivity contribution is 3.83. The van der Waals surface area contributed by atoms with Crippen molar-refractivity contribution in [2.75, 3.05) is 0 Å². The molecular formula is CHF3. The SMILES string of the molecule is FC(F)[18F]. The molecular weight excluding hydrogens is 68.0 g/mol. The molecule has 26 valence electrons. The highest BCUT2D eigenvalue weighted by atomic mass is 19.3. The van der Waals surface area contributed by atoms with E-state index in [-0.39, 0.29) is 0 Å². The monoisotopic (exact) mass is 69.0 g/mol. The van der Waals surface area contributed by atoms with Crippen molar-refractivity contribution in [1.29, 1.82) is 0 Å². The van der Waals surface area contributed by atoms with Crippen LogP contribution < -0.4 is 0 Å². The average Bonchev–Trinajstić information content (AvgIpc) is 0.811. The second kappa shape index (κ2) is 1.15. The molecule has 0 unspecified atom stereocenters. The third kappa shape index (κ3) is 25.3. The van der Waals surface area contributed by atoms with Crippen LogP contribution in [0.3, 0.4) is 0 Å². The fraction of sp³-hybridized carbons (Fsp3) is 1.00. The van der Waals surface area contributed by atoms with Crippen molar-refractivity contribution in [1.82, 2.24) is 0 Å². The summed E-state index contributed by atoms with van der Waals surface area (Å²) in [6.45, 7) is -3.67. The van der Waals surface area contributed by atoms with Crippen molar-refractivity contribution >= 4 is 0 Å². The molecule has 3 heteroatoms. The summed E-state index contributed by atoms with van der Waals surface area (Å²) in [5.74, 6) is 0. The first-order chi connectivity index (χ1) is 1.73. The third-order valence-electron chi connectivity index (χ3n) is 0. The first-order valence-electron chi connectivity index (χ1n) is 0.655. The minimum Gasteiger partial charge on any atom is -0.174 e. The lowest BCUT2D eigenvalue weighted by Crippen LogP contribution is -1.65. The van der Waals surface area contributed by atoms with Gasteiger partial charge in [-0.05, 0) is 0 Å². The van der Waals surface area contributed by atoms with Crippen LogP contribution in [-0.4, -0.2) is 6.68 Å². The Hall–Kier alpha value is -0.210. The summed E-state index contributed by atoms with van der Waals surface area (Å²) in [5, 5.41) is 0. The predicted molar refractivity (Wildman–Crippen MR) is 7.11 cm³/mol. The molecule has 0 aromatic heterocycles. The van der Waals surface area contributed by atoms with Crippen molar-refractivity contribution in [3.05, 3.63) is 0 Å². The summed E-state index contributed by atoms with van der Waals surface area (Å²) in [6, 6.07) is 0. The zero-order chi connectivity index (χ0) is 3.58. The van der Waals surface area contributed by atoms with E-state index in [1.807, 2.05) is 0 Å². The van der Waals surface area contributed by atoms with Crippen LogP contribution in [0.2, 0.25) is 0 Å². The smallest absolute Gasteiger partial charge is 0.174 e. The zero-order valence-corrected chi connectivity index (χ0v) is 1.71. The zero-order valence-electron chi connectivity index (χ0n) is 1.71. The molecule has 4 heavy (non-hydrogen) atoms. The Morgan fingerprint density at radius 1 is 1.00 bits per heavy atom. The molecule has 0 atom stereocenters. The minimum absolute atomic E-state index is 3.67. The number of alkyl halides is 3. The lowest BCUT2D eigenvalue weighted by atomic mass is 11.6. The van der Waals surface area contributed by atoms with Crippen LogP contribution >= 0.6 is 0 Å². The largest absolute Gasteiger partial charge is 0.379 e. The van der Waals surface area contributed by atoms with Crippen molar-refractivity contribution in [2.24, 2.45) is 0 Å². The Bertz CT molecular complexity index is 8.00. The maximum atomic E-state index is 9.67. The summed E-state index contributed by atoms with van der Waals surface area (Å²) in [4.78, 5) is 0. The van der Waals surface area contributed by atoms with Gasteiger partial charge in [0.15, 0.2) is 0 Å². The maximum absolute atomic E-state index is 9.67. The molecule has 0 amide bonds. The van der Waals surface area contributed by atoms with Crippen LogP contribution in [0.5, 0.6) is 0 Å². The molecule has 0 aromatic carbocycles. The molecule has 0 aliphatic carbocycles. The highest BCUT2D eigenvalue weighted by Gasteiger charge is 1.86. The molecule has 0 aliphatic heterocycles. The van der Waals surface area contributed by atoms with Gasteiger partial charge >= 0.3 is 6.68 Å². The standard InChI is InChI=1S/CHF3/c2-1(3)4/h1H/i2-1. The van der Waals surface area contributed by atoms with E-state index < -0.39 is 6.68 Å². The van der Waals surface area contributed by atoms with Crippen molar-refractivity contribution in [3.63, 3.8) is 0 Å². The Morgan fingerprint density at radius 2 is 1.00 bits per heavy atom. The van der Waals surface area contributed by atoms with Gasteiger partial charge in [0.25, 0.3) is 0 Å². The quantitative estimate of drug-likeness (QED) is 0.400.